The summed E-state index contributed by atoms with van der Waals surface area (Å²) >= 11 is 0. The molecule has 0 amide bonds. The van der Waals surface area contributed by atoms with E-state index in [1.165, 1.54) is 32.1 Å². The van der Waals surface area contributed by atoms with Gasteiger partial charge in [-0.1, -0.05) is 57.4 Å². The average Bonchev–Trinajstić information content (AvgIpc) is 2.53. The molecule has 1 fully saturated rings. The lowest BCUT2D eigenvalue weighted by molar-refractivity contribution is -0.142. The highest BCUT2D eigenvalue weighted by Gasteiger charge is 2.19. The summed E-state index contributed by atoms with van der Waals surface area (Å²) in [6.45, 7) is 9.01. The molecule has 0 heterocycles. The fourth-order valence-electron chi connectivity index (χ4n) is 2.40. The van der Waals surface area contributed by atoms with E-state index in [4.69, 9.17) is 4.74 Å². The van der Waals surface area contributed by atoms with Gasteiger partial charge >= 0.3 is 5.97 Å². The van der Waals surface area contributed by atoms with E-state index in [1.807, 2.05) is 0 Å². The molecule has 0 aromatic rings. The van der Waals surface area contributed by atoms with E-state index in [0.29, 0.717) is 12.5 Å². The van der Waals surface area contributed by atoms with E-state index in [1.54, 1.807) is 19.1 Å². The first-order valence-electron chi connectivity index (χ1n) is 7.75. The van der Waals surface area contributed by atoms with Gasteiger partial charge in [0, 0.05) is 0 Å². The number of nitrogens with one attached hydrogen (secondary N) is 1. The van der Waals surface area contributed by atoms with Crippen LogP contribution in [-0.4, -0.2) is 31.4 Å². The van der Waals surface area contributed by atoms with Crippen LogP contribution in [0.15, 0.2) is 25.3 Å². The lowest BCUT2D eigenvalue weighted by Gasteiger charge is -2.24. The monoisotopic (exact) mass is 295 g/mol. The Morgan fingerprint density at radius 3 is 2.38 bits per heavy atom. The van der Waals surface area contributed by atoms with Crippen LogP contribution in [0.3, 0.4) is 0 Å². The molecule has 120 valence electrons. The maximum Gasteiger partial charge on any atom is 0.319 e. The fourth-order valence-corrected chi connectivity index (χ4v) is 2.40. The Kier molecular flexibility index (Phi) is 12.6. The molecule has 0 saturated heterocycles. The number of aldehydes is 1. The van der Waals surface area contributed by atoms with Crippen LogP contribution in [0.4, 0.5) is 0 Å². The second kappa shape index (κ2) is 13.6. The van der Waals surface area contributed by atoms with Gasteiger partial charge in [0.25, 0.3) is 0 Å². The number of carbonyl (C=O) groups excluding carboxylic acids is 2. The van der Waals surface area contributed by atoms with Gasteiger partial charge in [-0.05, 0) is 19.3 Å². The van der Waals surface area contributed by atoms with Crippen molar-refractivity contribution in [2.45, 2.75) is 51.5 Å². The Morgan fingerprint density at radius 1 is 1.29 bits per heavy atom. The molecule has 0 aromatic carbocycles. The molecule has 1 unspecified atom stereocenters. The molecule has 1 N–H and O–H groups in total. The molecule has 0 aliphatic heterocycles. The van der Waals surface area contributed by atoms with Crippen LogP contribution < -0.4 is 5.32 Å². The number of ether oxygens (including phenoxy) is 1. The quantitative estimate of drug-likeness (QED) is 0.425. The van der Waals surface area contributed by atoms with Gasteiger partial charge in [0.15, 0.2) is 0 Å². The van der Waals surface area contributed by atoms with Crippen molar-refractivity contribution < 1.29 is 14.3 Å². The standard InChI is InChI=1S/C13H23NO3.C4H6/c1-2-17-13(16)9-14-12(10-15)8-11-6-4-3-5-7-11;1-3-4-2/h10-12,14H,2-9H2,1H3;3-4H,1-2H2. The van der Waals surface area contributed by atoms with Gasteiger partial charge in [-0.15, -0.1) is 0 Å². The maximum absolute atomic E-state index is 11.2. The van der Waals surface area contributed by atoms with Gasteiger partial charge in [0.2, 0.25) is 0 Å². The molecule has 1 rings (SSSR count). The van der Waals surface area contributed by atoms with Crippen LogP contribution in [0.2, 0.25) is 0 Å². The zero-order chi connectivity index (χ0) is 15.9. The summed E-state index contributed by atoms with van der Waals surface area (Å²) in [7, 11) is 0. The largest absolute Gasteiger partial charge is 0.465 e. The molecular formula is C17H29NO3. The predicted molar refractivity (Wildman–Crippen MR) is 86.1 cm³/mol. The minimum Gasteiger partial charge on any atom is -0.465 e. The van der Waals surface area contributed by atoms with Crippen LogP contribution in [0.1, 0.15) is 45.4 Å². The number of hydrogen-bond acceptors (Lipinski definition) is 4. The SMILES string of the molecule is C=CC=C.CCOC(=O)CNC(C=O)CC1CCCCC1. The summed E-state index contributed by atoms with van der Waals surface area (Å²) in [5.74, 6) is 0.344. The molecule has 1 aliphatic carbocycles. The number of carbonyl (C=O) groups is 2. The van der Waals surface area contributed by atoms with E-state index in [9.17, 15) is 9.59 Å². The Hall–Kier alpha value is -1.42. The topological polar surface area (TPSA) is 55.4 Å². The molecule has 0 spiro atoms. The zero-order valence-corrected chi connectivity index (χ0v) is 13.2. The van der Waals surface area contributed by atoms with Crippen molar-refractivity contribution in [3.05, 3.63) is 25.3 Å². The van der Waals surface area contributed by atoms with E-state index in [-0.39, 0.29) is 18.6 Å². The summed E-state index contributed by atoms with van der Waals surface area (Å²) in [5, 5.41) is 2.96. The fraction of sp³-hybridized carbons (Fsp3) is 0.647. The van der Waals surface area contributed by atoms with Crippen molar-refractivity contribution in [1.29, 1.82) is 0 Å². The van der Waals surface area contributed by atoms with Crippen molar-refractivity contribution in [3.8, 4) is 0 Å². The molecule has 4 heteroatoms. The molecule has 0 aromatic heterocycles. The summed E-state index contributed by atoms with van der Waals surface area (Å²) in [5.41, 5.74) is 0. The van der Waals surface area contributed by atoms with E-state index < -0.39 is 0 Å². The third-order valence-electron chi connectivity index (χ3n) is 3.46. The predicted octanol–water partition coefficient (Wildman–Crippen LogP) is 3.04. The molecule has 21 heavy (non-hydrogen) atoms. The first kappa shape index (κ1) is 19.6. The van der Waals surface area contributed by atoms with Crippen molar-refractivity contribution in [2.24, 2.45) is 5.92 Å². The maximum atomic E-state index is 11.2. The minimum absolute atomic E-state index is 0.129. The Bertz CT molecular complexity index is 303. The van der Waals surface area contributed by atoms with Crippen LogP contribution in [-0.2, 0) is 14.3 Å². The minimum atomic E-state index is -0.289. The number of allylic oxidation sites excluding steroid dienone is 2. The third-order valence-corrected chi connectivity index (χ3v) is 3.46. The van der Waals surface area contributed by atoms with Gasteiger partial charge < -0.3 is 9.53 Å². The molecule has 1 atom stereocenters. The first-order chi connectivity index (χ1) is 10.2. The molecule has 4 nitrogen and oxygen atoms in total. The van der Waals surface area contributed by atoms with Crippen LogP contribution in [0.25, 0.3) is 0 Å². The molecule has 0 bridgehead atoms. The van der Waals surface area contributed by atoms with Crippen molar-refractivity contribution in [1.82, 2.24) is 5.32 Å². The molecule has 0 radical (unpaired) electrons. The van der Waals surface area contributed by atoms with Crippen molar-refractivity contribution in [3.63, 3.8) is 0 Å². The Balaban J connectivity index is 0.000000885. The smallest absolute Gasteiger partial charge is 0.319 e. The second-order valence-corrected chi connectivity index (χ2v) is 5.14. The second-order valence-electron chi connectivity index (χ2n) is 5.14. The molecular weight excluding hydrogens is 266 g/mol. The highest BCUT2D eigenvalue weighted by atomic mass is 16.5. The first-order valence-corrected chi connectivity index (χ1v) is 7.75. The van der Waals surface area contributed by atoms with Crippen LogP contribution >= 0.6 is 0 Å². The highest BCUT2D eigenvalue weighted by molar-refractivity contribution is 5.72. The summed E-state index contributed by atoms with van der Waals surface area (Å²) in [4.78, 5) is 22.1. The van der Waals surface area contributed by atoms with E-state index >= 15 is 0 Å². The van der Waals surface area contributed by atoms with Crippen LogP contribution in [0, 0.1) is 5.92 Å². The van der Waals surface area contributed by atoms with E-state index in [0.717, 1.165) is 12.7 Å². The van der Waals surface area contributed by atoms with Crippen LogP contribution in [0.5, 0.6) is 0 Å². The lowest BCUT2D eigenvalue weighted by atomic mass is 9.85. The molecule has 1 aliphatic rings. The van der Waals surface area contributed by atoms with Gasteiger partial charge in [-0.25, -0.2) is 0 Å². The Labute approximate surface area is 128 Å². The third kappa shape index (κ3) is 11.0. The Morgan fingerprint density at radius 2 is 1.90 bits per heavy atom. The van der Waals surface area contributed by atoms with Crippen molar-refractivity contribution >= 4 is 12.3 Å². The average molecular weight is 295 g/mol. The number of hydrogen-bond donors (Lipinski definition) is 1. The van der Waals surface area contributed by atoms with Gasteiger partial charge in [0.1, 0.15) is 6.29 Å². The number of esters is 1. The normalized spacial score (nSPS) is 16.0. The summed E-state index contributed by atoms with van der Waals surface area (Å²) < 4.78 is 4.81. The summed E-state index contributed by atoms with van der Waals surface area (Å²) in [6.07, 6.45) is 11.3. The van der Waals surface area contributed by atoms with E-state index in [2.05, 4.69) is 18.5 Å². The van der Waals surface area contributed by atoms with Crippen molar-refractivity contribution in [2.75, 3.05) is 13.2 Å². The van der Waals surface area contributed by atoms with Gasteiger partial charge in [0.05, 0.1) is 19.2 Å². The number of rotatable bonds is 8. The molecule has 1 saturated carbocycles. The zero-order valence-electron chi connectivity index (χ0n) is 13.2. The highest BCUT2D eigenvalue weighted by Crippen LogP contribution is 2.26. The lowest BCUT2D eigenvalue weighted by Crippen LogP contribution is -2.37. The summed E-state index contributed by atoms with van der Waals surface area (Å²) in [6, 6.07) is -0.206. The van der Waals surface area contributed by atoms with Gasteiger partial charge in [-0.3, -0.25) is 10.1 Å². The van der Waals surface area contributed by atoms with Gasteiger partial charge in [-0.2, -0.15) is 0 Å².